The van der Waals surface area contributed by atoms with Crippen LogP contribution in [0.15, 0.2) is 54.7 Å². The summed E-state index contributed by atoms with van der Waals surface area (Å²) in [4.78, 5) is 15.2. The topological polar surface area (TPSA) is 34.5 Å². The van der Waals surface area contributed by atoms with E-state index in [1.807, 2.05) is 12.1 Å². The van der Waals surface area contributed by atoms with E-state index in [0.29, 0.717) is 12.3 Å². The molecule has 32 heavy (non-hydrogen) atoms. The summed E-state index contributed by atoms with van der Waals surface area (Å²) in [5.74, 6) is 1.10. The molecule has 1 aliphatic rings. The number of ether oxygens (including phenoxy) is 1. The molecule has 4 rings (SSSR count). The van der Waals surface area contributed by atoms with Crippen LogP contribution in [0.5, 0.6) is 5.75 Å². The maximum Gasteiger partial charge on any atom is 0.165 e. The normalized spacial score (nSPS) is 15.5. The molecule has 3 aromatic rings. The molecule has 0 atom stereocenters. The standard InChI is InChI=1S/C27H33FN2O2/c1-20(2)18-27(31)25-19-30(26-7-4-3-6-24(25)26)15-5-14-29-16-12-23(13-17-29)32-22-10-8-21(28)9-11-22/h3-4,6-11,19-20,23H,5,12-18H2,1-2H3. The molecule has 2 heterocycles. The molecule has 1 aromatic heterocycles. The number of nitrogens with zero attached hydrogens (tertiary/aromatic N) is 2. The van der Waals surface area contributed by atoms with Gasteiger partial charge in [-0.1, -0.05) is 32.0 Å². The number of benzene rings is 2. The molecular weight excluding hydrogens is 403 g/mol. The zero-order valence-corrected chi connectivity index (χ0v) is 19.1. The average Bonchev–Trinajstić information content (AvgIpc) is 3.15. The number of aryl methyl sites for hydroxylation is 1. The van der Waals surface area contributed by atoms with E-state index >= 15 is 0 Å². The summed E-state index contributed by atoms with van der Waals surface area (Å²) in [6, 6.07) is 14.5. The van der Waals surface area contributed by atoms with E-state index in [9.17, 15) is 9.18 Å². The molecule has 0 spiro atoms. The molecule has 170 valence electrons. The molecular formula is C27H33FN2O2. The number of hydrogen-bond acceptors (Lipinski definition) is 3. The molecule has 4 nitrogen and oxygen atoms in total. The summed E-state index contributed by atoms with van der Waals surface area (Å²) in [6.45, 7) is 8.13. The van der Waals surface area contributed by atoms with Crippen LogP contribution < -0.4 is 4.74 Å². The van der Waals surface area contributed by atoms with Crippen LogP contribution in [0, 0.1) is 11.7 Å². The molecule has 1 saturated heterocycles. The Labute approximate surface area is 190 Å². The number of likely N-dealkylation sites (tertiary alicyclic amines) is 1. The number of carbonyl (C=O) groups is 1. The predicted octanol–water partition coefficient (Wildman–Crippen LogP) is 5.94. The van der Waals surface area contributed by atoms with Gasteiger partial charge in [0.05, 0.1) is 0 Å². The lowest BCUT2D eigenvalue weighted by Crippen LogP contribution is -2.38. The van der Waals surface area contributed by atoms with Crippen molar-refractivity contribution in [1.82, 2.24) is 9.47 Å². The Balaban J connectivity index is 1.29. The molecule has 0 aliphatic carbocycles. The first kappa shape index (κ1) is 22.5. The highest BCUT2D eigenvalue weighted by Crippen LogP contribution is 2.24. The molecule has 2 aromatic carbocycles. The zero-order chi connectivity index (χ0) is 22.5. The molecule has 0 saturated carbocycles. The number of Topliss-reactive ketones (excluding diaryl/α,β-unsaturated/α-hetero) is 1. The van der Waals surface area contributed by atoms with Crippen molar-refractivity contribution in [2.75, 3.05) is 19.6 Å². The van der Waals surface area contributed by atoms with E-state index in [-0.39, 0.29) is 17.7 Å². The summed E-state index contributed by atoms with van der Waals surface area (Å²) in [5, 5.41) is 1.07. The summed E-state index contributed by atoms with van der Waals surface area (Å²) < 4.78 is 21.3. The van der Waals surface area contributed by atoms with E-state index < -0.39 is 0 Å². The van der Waals surface area contributed by atoms with E-state index in [1.54, 1.807) is 12.1 Å². The molecule has 0 unspecified atom stereocenters. The van der Waals surface area contributed by atoms with Gasteiger partial charge in [0.15, 0.2) is 5.78 Å². The van der Waals surface area contributed by atoms with E-state index in [0.717, 1.165) is 67.7 Å². The summed E-state index contributed by atoms with van der Waals surface area (Å²) in [7, 11) is 0. The molecule has 5 heteroatoms. The second-order valence-corrected chi connectivity index (χ2v) is 9.24. The van der Waals surface area contributed by atoms with Gasteiger partial charge < -0.3 is 14.2 Å². The van der Waals surface area contributed by atoms with Gasteiger partial charge in [-0.3, -0.25) is 4.79 Å². The van der Waals surface area contributed by atoms with Crippen molar-refractivity contribution in [3.63, 3.8) is 0 Å². The summed E-state index contributed by atoms with van der Waals surface area (Å²) >= 11 is 0. The van der Waals surface area contributed by atoms with Crippen molar-refractivity contribution >= 4 is 16.7 Å². The number of aromatic nitrogens is 1. The van der Waals surface area contributed by atoms with E-state index in [2.05, 4.69) is 41.6 Å². The lowest BCUT2D eigenvalue weighted by Gasteiger charge is -2.32. The number of rotatable bonds is 9. The fraction of sp³-hybridized carbons (Fsp3) is 0.444. The molecule has 0 bridgehead atoms. The number of carbonyl (C=O) groups excluding carboxylic acids is 1. The Morgan fingerprint density at radius 1 is 1.06 bits per heavy atom. The maximum absolute atomic E-state index is 13.1. The first-order valence-electron chi connectivity index (χ1n) is 11.8. The van der Waals surface area contributed by atoms with Crippen LogP contribution in [0.1, 0.15) is 49.9 Å². The molecule has 1 aliphatic heterocycles. The minimum absolute atomic E-state index is 0.194. The van der Waals surface area contributed by atoms with Crippen molar-refractivity contribution in [1.29, 1.82) is 0 Å². The Kier molecular flexibility index (Phi) is 7.26. The number of halogens is 1. The van der Waals surface area contributed by atoms with Crippen LogP contribution in [0.4, 0.5) is 4.39 Å². The van der Waals surface area contributed by atoms with Crippen molar-refractivity contribution in [3.05, 3.63) is 66.1 Å². The van der Waals surface area contributed by atoms with Gasteiger partial charge in [0, 0.05) is 48.7 Å². The zero-order valence-electron chi connectivity index (χ0n) is 19.1. The Morgan fingerprint density at radius 3 is 2.50 bits per heavy atom. The number of para-hydroxylation sites is 1. The number of piperidine rings is 1. The van der Waals surface area contributed by atoms with Gasteiger partial charge in [-0.25, -0.2) is 4.39 Å². The number of hydrogen-bond donors (Lipinski definition) is 0. The van der Waals surface area contributed by atoms with Crippen molar-refractivity contribution in [3.8, 4) is 5.75 Å². The van der Waals surface area contributed by atoms with Gasteiger partial charge >= 0.3 is 0 Å². The Morgan fingerprint density at radius 2 is 1.78 bits per heavy atom. The lowest BCUT2D eigenvalue weighted by atomic mass is 10.0. The van der Waals surface area contributed by atoms with E-state index in [4.69, 9.17) is 4.74 Å². The third-order valence-electron chi connectivity index (χ3n) is 6.21. The van der Waals surface area contributed by atoms with Crippen LogP contribution in [0.3, 0.4) is 0 Å². The fourth-order valence-electron chi connectivity index (χ4n) is 4.56. The minimum atomic E-state index is -0.237. The molecule has 0 radical (unpaired) electrons. The van der Waals surface area contributed by atoms with Crippen molar-refractivity contribution < 1.29 is 13.9 Å². The van der Waals surface area contributed by atoms with Gasteiger partial charge in [-0.05, 0) is 62.1 Å². The molecule has 1 fully saturated rings. The van der Waals surface area contributed by atoms with Gasteiger partial charge in [0.25, 0.3) is 0 Å². The third kappa shape index (κ3) is 5.57. The van der Waals surface area contributed by atoms with Crippen LogP contribution in [-0.4, -0.2) is 41.0 Å². The third-order valence-corrected chi connectivity index (χ3v) is 6.21. The van der Waals surface area contributed by atoms with Crippen molar-refractivity contribution in [2.24, 2.45) is 5.92 Å². The highest BCUT2D eigenvalue weighted by atomic mass is 19.1. The first-order valence-corrected chi connectivity index (χ1v) is 11.8. The predicted molar refractivity (Wildman–Crippen MR) is 127 cm³/mol. The number of fused-ring (bicyclic) bond motifs is 1. The van der Waals surface area contributed by atoms with Crippen LogP contribution >= 0.6 is 0 Å². The quantitative estimate of drug-likeness (QED) is 0.389. The first-order chi connectivity index (χ1) is 15.5. The van der Waals surface area contributed by atoms with E-state index in [1.165, 1.54) is 12.1 Å². The van der Waals surface area contributed by atoms with Crippen LogP contribution in [0.25, 0.3) is 10.9 Å². The Hall–Kier alpha value is -2.66. The monoisotopic (exact) mass is 436 g/mol. The van der Waals surface area contributed by atoms with Crippen LogP contribution in [-0.2, 0) is 6.54 Å². The highest BCUT2D eigenvalue weighted by Gasteiger charge is 2.21. The molecule has 0 N–H and O–H groups in total. The fourth-order valence-corrected chi connectivity index (χ4v) is 4.56. The lowest BCUT2D eigenvalue weighted by molar-refractivity contribution is 0.0969. The molecule has 0 amide bonds. The minimum Gasteiger partial charge on any atom is -0.490 e. The summed E-state index contributed by atoms with van der Waals surface area (Å²) in [5.41, 5.74) is 2.00. The van der Waals surface area contributed by atoms with Gasteiger partial charge in [0.2, 0.25) is 0 Å². The smallest absolute Gasteiger partial charge is 0.165 e. The second kappa shape index (κ2) is 10.3. The van der Waals surface area contributed by atoms with Gasteiger partial charge in [-0.2, -0.15) is 0 Å². The van der Waals surface area contributed by atoms with Gasteiger partial charge in [0.1, 0.15) is 17.7 Å². The van der Waals surface area contributed by atoms with Crippen molar-refractivity contribution in [2.45, 2.75) is 52.2 Å². The van der Waals surface area contributed by atoms with Gasteiger partial charge in [-0.15, -0.1) is 0 Å². The maximum atomic E-state index is 13.1. The second-order valence-electron chi connectivity index (χ2n) is 9.24. The number of ketones is 1. The SMILES string of the molecule is CC(C)CC(=O)c1cn(CCCN2CCC(Oc3ccc(F)cc3)CC2)c2ccccc12. The average molecular weight is 437 g/mol. The summed E-state index contributed by atoms with van der Waals surface area (Å²) in [6.07, 6.45) is 5.84. The van der Waals surface area contributed by atoms with Crippen LogP contribution in [0.2, 0.25) is 0 Å². The Bertz CT molecular complexity index is 1030. The largest absolute Gasteiger partial charge is 0.490 e. The highest BCUT2D eigenvalue weighted by molar-refractivity contribution is 6.08.